The van der Waals surface area contributed by atoms with Crippen LogP contribution in [0.15, 0.2) is 18.3 Å². The molecule has 1 amide bonds. The first-order chi connectivity index (χ1) is 16.3. The summed E-state index contributed by atoms with van der Waals surface area (Å²) >= 11 is 6.35. The fourth-order valence-electron chi connectivity index (χ4n) is 4.90. The molecule has 2 atom stereocenters. The number of fused-ring (bicyclic) bond motifs is 1. The number of halogens is 1. The Kier molecular flexibility index (Phi) is 5.63. The van der Waals surface area contributed by atoms with E-state index in [1.807, 2.05) is 18.7 Å². The average molecular weight is 483 g/mol. The van der Waals surface area contributed by atoms with Crippen molar-refractivity contribution in [3.05, 3.63) is 40.2 Å². The van der Waals surface area contributed by atoms with Gasteiger partial charge in [0.05, 0.1) is 36.3 Å². The van der Waals surface area contributed by atoms with Crippen LogP contribution in [0.2, 0.25) is 5.02 Å². The number of anilines is 1. The van der Waals surface area contributed by atoms with Crippen molar-refractivity contribution < 1.29 is 9.53 Å². The zero-order valence-electron chi connectivity index (χ0n) is 19.7. The van der Waals surface area contributed by atoms with Gasteiger partial charge < -0.3 is 15.0 Å². The number of likely N-dealkylation sites (tertiary alicyclic amines) is 1. The minimum absolute atomic E-state index is 0.0489. The molecular weight excluding hydrogens is 456 g/mol. The molecule has 1 unspecified atom stereocenters. The standard InChI is InChI=1S/C23H27ClN8O2/c1-13(16-10-19(34-4)25-11-18(16)24)22(33)32-8-7-23(12-32)6-5-15-9-17(14(2)26-20(15)27-23)21-28-30-31(3)29-21/h9-11,13H,5-8,12H2,1-4H3,(H,26,27)/t13-,23?/m1/s1. The van der Waals surface area contributed by atoms with Gasteiger partial charge in [-0.2, -0.15) is 4.80 Å². The molecule has 0 radical (unpaired) electrons. The molecule has 1 saturated heterocycles. The SMILES string of the molecule is COc1cc([C@@H](C)C(=O)N2CCC3(CCc4cc(-c5nnn(C)n5)c(C)nc4N3)C2)c(Cl)cn1. The summed E-state index contributed by atoms with van der Waals surface area (Å²) in [4.78, 5) is 25.7. The van der Waals surface area contributed by atoms with E-state index in [0.717, 1.165) is 47.5 Å². The first kappa shape index (κ1) is 22.5. The number of nitrogens with one attached hydrogen (secondary N) is 1. The van der Waals surface area contributed by atoms with Crippen molar-refractivity contribution in [2.45, 2.75) is 44.6 Å². The number of ether oxygens (including phenoxy) is 1. The van der Waals surface area contributed by atoms with E-state index in [9.17, 15) is 4.79 Å². The van der Waals surface area contributed by atoms with Gasteiger partial charge in [-0.25, -0.2) is 9.97 Å². The number of methoxy groups -OCH3 is 1. The summed E-state index contributed by atoms with van der Waals surface area (Å²) in [7, 11) is 3.29. The second-order valence-electron chi connectivity index (χ2n) is 9.12. The van der Waals surface area contributed by atoms with Gasteiger partial charge in [-0.3, -0.25) is 4.79 Å². The first-order valence-corrected chi connectivity index (χ1v) is 11.7. The molecule has 34 heavy (non-hydrogen) atoms. The van der Waals surface area contributed by atoms with E-state index in [2.05, 4.69) is 31.8 Å². The quantitative estimate of drug-likeness (QED) is 0.604. The number of rotatable bonds is 4. The summed E-state index contributed by atoms with van der Waals surface area (Å²) in [5.74, 6) is 1.56. The van der Waals surface area contributed by atoms with E-state index in [1.165, 1.54) is 11.0 Å². The van der Waals surface area contributed by atoms with Crippen LogP contribution in [0, 0.1) is 6.92 Å². The lowest BCUT2D eigenvalue weighted by Crippen LogP contribution is -2.46. The summed E-state index contributed by atoms with van der Waals surface area (Å²) in [5.41, 5.74) is 3.41. The smallest absolute Gasteiger partial charge is 0.229 e. The Morgan fingerprint density at radius 2 is 2.15 bits per heavy atom. The monoisotopic (exact) mass is 482 g/mol. The Morgan fingerprint density at radius 3 is 2.88 bits per heavy atom. The van der Waals surface area contributed by atoms with E-state index in [0.29, 0.717) is 29.8 Å². The lowest BCUT2D eigenvalue weighted by Gasteiger charge is -2.36. The minimum atomic E-state index is -0.391. The third kappa shape index (κ3) is 3.96. The molecule has 3 aromatic heterocycles. The fraction of sp³-hybridized carbons (Fsp3) is 0.478. The van der Waals surface area contributed by atoms with E-state index in [-0.39, 0.29) is 11.4 Å². The van der Waals surface area contributed by atoms with Crippen molar-refractivity contribution in [1.29, 1.82) is 0 Å². The Balaban J connectivity index is 1.33. The Morgan fingerprint density at radius 1 is 1.32 bits per heavy atom. The highest BCUT2D eigenvalue weighted by atomic mass is 35.5. The molecule has 178 valence electrons. The van der Waals surface area contributed by atoms with Crippen LogP contribution in [0.1, 0.15) is 42.5 Å². The van der Waals surface area contributed by atoms with Crippen molar-refractivity contribution in [1.82, 2.24) is 35.1 Å². The number of carbonyl (C=O) groups is 1. The number of tetrazole rings is 1. The summed E-state index contributed by atoms with van der Waals surface area (Å²) in [6, 6.07) is 3.84. The molecule has 11 heteroatoms. The van der Waals surface area contributed by atoms with Crippen LogP contribution in [0.4, 0.5) is 5.82 Å². The van der Waals surface area contributed by atoms with Crippen molar-refractivity contribution in [3.63, 3.8) is 0 Å². The van der Waals surface area contributed by atoms with E-state index >= 15 is 0 Å². The highest BCUT2D eigenvalue weighted by molar-refractivity contribution is 6.31. The van der Waals surface area contributed by atoms with Gasteiger partial charge in [-0.05, 0) is 55.5 Å². The van der Waals surface area contributed by atoms with Crippen molar-refractivity contribution >= 4 is 23.3 Å². The number of hydrogen-bond donors (Lipinski definition) is 1. The lowest BCUT2D eigenvalue weighted by atomic mass is 9.86. The molecule has 1 fully saturated rings. The molecule has 0 bridgehead atoms. The molecule has 0 aliphatic carbocycles. The lowest BCUT2D eigenvalue weighted by molar-refractivity contribution is -0.131. The maximum Gasteiger partial charge on any atom is 0.229 e. The molecule has 1 N–H and O–H groups in total. The van der Waals surface area contributed by atoms with E-state index in [4.69, 9.17) is 21.3 Å². The van der Waals surface area contributed by atoms with Gasteiger partial charge in [-0.1, -0.05) is 11.6 Å². The maximum absolute atomic E-state index is 13.4. The Hall–Kier alpha value is -3.27. The summed E-state index contributed by atoms with van der Waals surface area (Å²) in [5, 5.41) is 16.5. The predicted octanol–water partition coefficient (Wildman–Crippen LogP) is 2.77. The third-order valence-corrected chi connectivity index (χ3v) is 7.18. The largest absolute Gasteiger partial charge is 0.481 e. The van der Waals surface area contributed by atoms with Gasteiger partial charge in [0.1, 0.15) is 5.82 Å². The fourth-order valence-corrected chi connectivity index (χ4v) is 5.17. The number of aromatic nitrogens is 6. The number of pyridine rings is 2. The number of amides is 1. The summed E-state index contributed by atoms with van der Waals surface area (Å²) in [6.45, 7) is 5.15. The second kappa shape index (κ2) is 8.50. The topological polar surface area (TPSA) is 111 Å². The van der Waals surface area contributed by atoms with Gasteiger partial charge in [0, 0.05) is 30.9 Å². The van der Waals surface area contributed by atoms with E-state index < -0.39 is 5.92 Å². The van der Waals surface area contributed by atoms with Gasteiger partial charge in [-0.15, -0.1) is 10.2 Å². The van der Waals surface area contributed by atoms with Crippen LogP contribution in [0.5, 0.6) is 5.88 Å². The predicted molar refractivity (Wildman–Crippen MR) is 127 cm³/mol. The molecule has 3 aromatic rings. The second-order valence-corrected chi connectivity index (χ2v) is 9.52. The van der Waals surface area contributed by atoms with Gasteiger partial charge in [0.15, 0.2) is 0 Å². The van der Waals surface area contributed by atoms with Crippen LogP contribution < -0.4 is 10.1 Å². The minimum Gasteiger partial charge on any atom is -0.481 e. The van der Waals surface area contributed by atoms with Crippen LogP contribution in [-0.2, 0) is 18.3 Å². The van der Waals surface area contributed by atoms with Gasteiger partial charge in [0.2, 0.25) is 17.6 Å². The molecule has 2 aliphatic heterocycles. The molecular formula is C23H27ClN8O2. The van der Waals surface area contributed by atoms with Crippen LogP contribution in [-0.4, -0.2) is 66.7 Å². The Labute approximate surface area is 202 Å². The maximum atomic E-state index is 13.4. The van der Waals surface area contributed by atoms with Crippen molar-refractivity contribution in [2.24, 2.45) is 7.05 Å². The Bertz CT molecular complexity index is 1260. The zero-order valence-corrected chi connectivity index (χ0v) is 20.4. The number of hydrogen-bond acceptors (Lipinski definition) is 8. The number of aryl methyl sites for hydroxylation is 3. The van der Waals surface area contributed by atoms with Crippen molar-refractivity contribution in [2.75, 3.05) is 25.5 Å². The number of nitrogens with zero attached hydrogens (tertiary/aromatic N) is 7. The zero-order chi connectivity index (χ0) is 24.0. The van der Waals surface area contributed by atoms with Gasteiger partial charge >= 0.3 is 0 Å². The van der Waals surface area contributed by atoms with E-state index in [1.54, 1.807) is 20.2 Å². The highest BCUT2D eigenvalue weighted by Crippen LogP contribution is 2.39. The molecule has 1 spiro atoms. The molecule has 10 nitrogen and oxygen atoms in total. The van der Waals surface area contributed by atoms with Crippen LogP contribution in [0.3, 0.4) is 0 Å². The third-order valence-electron chi connectivity index (χ3n) is 6.87. The molecule has 2 aliphatic rings. The molecule has 0 aromatic carbocycles. The van der Waals surface area contributed by atoms with Crippen molar-refractivity contribution in [3.8, 4) is 17.3 Å². The highest BCUT2D eigenvalue weighted by Gasteiger charge is 2.43. The normalized spacial score (nSPS) is 20.2. The first-order valence-electron chi connectivity index (χ1n) is 11.3. The summed E-state index contributed by atoms with van der Waals surface area (Å²) < 4.78 is 5.21. The molecule has 0 saturated carbocycles. The molecule has 5 rings (SSSR count). The van der Waals surface area contributed by atoms with Crippen LogP contribution >= 0.6 is 11.6 Å². The van der Waals surface area contributed by atoms with Crippen LogP contribution in [0.25, 0.3) is 11.4 Å². The summed E-state index contributed by atoms with van der Waals surface area (Å²) in [6.07, 6.45) is 4.18. The average Bonchev–Trinajstić information content (AvgIpc) is 3.44. The molecule has 5 heterocycles. The van der Waals surface area contributed by atoms with Gasteiger partial charge in [0.25, 0.3) is 0 Å². The number of carbonyl (C=O) groups excluding carboxylic acids is 1.